The first-order valence-corrected chi connectivity index (χ1v) is 6.15. The number of hydrogen-bond donors (Lipinski definition) is 2. The number of carboxylic acids is 1. The lowest BCUT2D eigenvalue weighted by Crippen LogP contribution is -2.19. The van der Waals surface area contributed by atoms with Gasteiger partial charge in [0.15, 0.2) is 5.69 Å². The highest BCUT2D eigenvalue weighted by Crippen LogP contribution is 2.28. The van der Waals surface area contributed by atoms with Crippen LogP contribution in [0.4, 0.5) is 5.82 Å². The third-order valence-corrected chi connectivity index (χ3v) is 3.29. The second-order valence-electron chi connectivity index (χ2n) is 4.59. The summed E-state index contributed by atoms with van der Waals surface area (Å²) in [5.74, 6) is -0.792. The zero-order valence-corrected chi connectivity index (χ0v) is 10.6. The fraction of sp³-hybridized carbons (Fsp3) is 0.462. The van der Waals surface area contributed by atoms with Crippen LogP contribution in [0.25, 0.3) is 0 Å². The molecular weight excluding hydrogens is 248 g/mol. The minimum atomic E-state index is -1.05. The van der Waals surface area contributed by atoms with Crippen molar-refractivity contribution in [2.24, 2.45) is 5.92 Å². The second kappa shape index (κ2) is 5.69. The molecule has 6 heteroatoms. The number of carboxylic acid groups (broad SMARTS) is 1. The van der Waals surface area contributed by atoms with Crippen LogP contribution >= 0.6 is 0 Å². The number of carbonyl (C=O) groups is 2. The minimum Gasteiger partial charge on any atom is -0.477 e. The molecule has 0 amide bonds. The number of nitrogens with zero attached hydrogens (tertiary/aromatic N) is 1. The van der Waals surface area contributed by atoms with Gasteiger partial charge in [-0.15, -0.1) is 0 Å². The Kier molecular flexibility index (Phi) is 3.99. The van der Waals surface area contributed by atoms with Gasteiger partial charge in [0.1, 0.15) is 5.82 Å². The minimum absolute atomic E-state index is 0.00696. The maximum Gasteiger partial charge on any atom is 0.354 e. The van der Waals surface area contributed by atoms with E-state index in [0.717, 1.165) is 12.8 Å². The summed E-state index contributed by atoms with van der Waals surface area (Å²) in [5.41, 5.74) is 0.00696. The molecule has 1 aliphatic rings. The van der Waals surface area contributed by atoms with Crippen molar-refractivity contribution in [3.63, 3.8) is 0 Å². The van der Waals surface area contributed by atoms with E-state index in [-0.39, 0.29) is 23.6 Å². The molecule has 1 saturated carbocycles. The van der Waals surface area contributed by atoms with Gasteiger partial charge in [0.05, 0.1) is 13.0 Å². The van der Waals surface area contributed by atoms with Crippen molar-refractivity contribution in [3.05, 3.63) is 23.9 Å². The Hall–Kier alpha value is -2.11. The van der Waals surface area contributed by atoms with Gasteiger partial charge in [-0.1, -0.05) is 6.07 Å². The van der Waals surface area contributed by atoms with Crippen LogP contribution in [0.15, 0.2) is 18.2 Å². The summed E-state index contributed by atoms with van der Waals surface area (Å²) in [7, 11) is 1.39. The molecule has 2 atom stereocenters. The number of aromatic carboxylic acids is 1. The van der Waals surface area contributed by atoms with Gasteiger partial charge in [-0.05, 0) is 31.4 Å². The Bertz CT molecular complexity index is 489. The standard InChI is InChI=1S/C13H16N2O4/c1-19-13(18)8-5-6-9(7-8)14-11-4-2-3-10(15-11)12(16)17/h2-4,8-9H,5-7H2,1H3,(H,14,15)(H,16,17)/t8-,9+/m0/s1. The Balaban J connectivity index is 1.97. The van der Waals surface area contributed by atoms with Gasteiger partial charge in [-0.3, -0.25) is 4.79 Å². The number of anilines is 1. The molecule has 6 nitrogen and oxygen atoms in total. The normalized spacial score (nSPS) is 21.9. The highest BCUT2D eigenvalue weighted by atomic mass is 16.5. The van der Waals surface area contributed by atoms with Gasteiger partial charge in [0.2, 0.25) is 0 Å². The first-order valence-electron chi connectivity index (χ1n) is 6.15. The molecule has 1 aromatic rings. The summed E-state index contributed by atoms with van der Waals surface area (Å²) >= 11 is 0. The molecule has 2 N–H and O–H groups in total. The van der Waals surface area contributed by atoms with E-state index >= 15 is 0 Å². The van der Waals surface area contributed by atoms with E-state index in [1.807, 2.05) is 0 Å². The zero-order valence-electron chi connectivity index (χ0n) is 10.6. The summed E-state index contributed by atoms with van der Waals surface area (Å²) in [6.45, 7) is 0. The number of rotatable bonds is 4. The average molecular weight is 264 g/mol. The van der Waals surface area contributed by atoms with E-state index in [4.69, 9.17) is 9.84 Å². The molecule has 102 valence electrons. The van der Waals surface area contributed by atoms with Gasteiger partial charge in [-0.2, -0.15) is 0 Å². The van der Waals surface area contributed by atoms with Crippen LogP contribution < -0.4 is 5.32 Å². The molecule has 0 spiro atoms. The summed E-state index contributed by atoms with van der Waals surface area (Å²) in [4.78, 5) is 26.2. The van der Waals surface area contributed by atoms with Crippen LogP contribution in [-0.4, -0.2) is 35.2 Å². The molecule has 19 heavy (non-hydrogen) atoms. The van der Waals surface area contributed by atoms with E-state index in [0.29, 0.717) is 12.2 Å². The van der Waals surface area contributed by atoms with Gasteiger partial charge in [-0.25, -0.2) is 9.78 Å². The van der Waals surface area contributed by atoms with Crippen molar-refractivity contribution in [2.45, 2.75) is 25.3 Å². The van der Waals surface area contributed by atoms with Crippen LogP contribution in [0.3, 0.4) is 0 Å². The number of methoxy groups -OCH3 is 1. The highest BCUT2D eigenvalue weighted by molar-refractivity contribution is 5.85. The maximum absolute atomic E-state index is 11.4. The zero-order chi connectivity index (χ0) is 13.8. The van der Waals surface area contributed by atoms with Crippen molar-refractivity contribution in [1.29, 1.82) is 0 Å². The van der Waals surface area contributed by atoms with Crippen LogP contribution in [0, 0.1) is 5.92 Å². The molecule has 1 fully saturated rings. The van der Waals surface area contributed by atoms with Crippen molar-refractivity contribution in [2.75, 3.05) is 12.4 Å². The average Bonchev–Trinajstić information content (AvgIpc) is 2.86. The van der Waals surface area contributed by atoms with Crippen molar-refractivity contribution in [3.8, 4) is 0 Å². The molecular formula is C13H16N2O4. The van der Waals surface area contributed by atoms with E-state index < -0.39 is 5.97 Å². The summed E-state index contributed by atoms with van der Waals surface area (Å²) < 4.78 is 4.72. The number of pyridine rings is 1. The lowest BCUT2D eigenvalue weighted by molar-refractivity contribution is -0.145. The Morgan fingerprint density at radius 2 is 2.21 bits per heavy atom. The highest BCUT2D eigenvalue weighted by Gasteiger charge is 2.30. The van der Waals surface area contributed by atoms with Gasteiger partial charge in [0, 0.05) is 6.04 Å². The predicted molar refractivity (Wildman–Crippen MR) is 68.0 cm³/mol. The molecule has 1 aromatic heterocycles. The smallest absolute Gasteiger partial charge is 0.354 e. The van der Waals surface area contributed by atoms with Gasteiger partial charge >= 0.3 is 11.9 Å². The third kappa shape index (κ3) is 3.21. The monoisotopic (exact) mass is 264 g/mol. The van der Waals surface area contributed by atoms with Crippen LogP contribution in [0.1, 0.15) is 29.8 Å². The number of carbonyl (C=O) groups excluding carboxylic acids is 1. The van der Waals surface area contributed by atoms with Crippen molar-refractivity contribution < 1.29 is 19.4 Å². The van der Waals surface area contributed by atoms with E-state index in [1.165, 1.54) is 13.2 Å². The largest absolute Gasteiger partial charge is 0.477 e. The lowest BCUT2D eigenvalue weighted by atomic mass is 10.1. The Labute approximate surface area is 110 Å². The van der Waals surface area contributed by atoms with E-state index in [9.17, 15) is 9.59 Å². The number of nitrogens with one attached hydrogen (secondary N) is 1. The Morgan fingerprint density at radius 1 is 1.42 bits per heavy atom. The molecule has 1 aliphatic carbocycles. The fourth-order valence-electron chi connectivity index (χ4n) is 2.34. The van der Waals surface area contributed by atoms with Crippen molar-refractivity contribution in [1.82, 2.24) is 4.98 Å². The van der Waals surface area contributed by atoms with Gasteiger partial charge < -0.3 is 15.2 Å². The fourth-order valence-corrected chi connectivity index (χ4v) is 2.34. The maximum atomic E-state index is 11.4. The SMILES string of the molecule is COC(=O)[C@H]1CC[C@@H](Nc2cccc(C(=O)O)n2)C1. The molecule has 0 aliphatic heterocycles. The molecule has 0 unspecified atom stereocenters. The van der Waals surface area contributed by atoms with Crippen molar-refractivity contribution >= 4 is 17.8 Å². The lowest BCUT2D eigenvalue weighted by Gasteiger charge is -2.13. The predicted octanol–water partition coefficient (Wildman–Crippen LogP) is 1.53. The summed E-state index contributed by atoms with van der Waals surface area (Å²) in [5, 5.41) is 12.0. The number of hydrogen-bond acceptors (Lipinski definition) is 5. The van der Waals surface area contributed by atoms with E-state index in [2.05, 4.69) is 10.3 Å². The van der Waals surface area contributed by atoms with E-state index in [1.54, 1.807) is 12.1 Å². The molecule has 0 saturated heterocycles. The number of aromatic nitrogens is 1. The third-order valence-electron chi connectivity index (χ3n) is 3.29. The van der Waals surface area contributed by atoms with Crippen LogP contribution in [-0.2, 0) is 9.53 Å². The Morgan fingerprint density at radius 3 is 2.89 bits per heavy atom. The number of ether oxygens (including phenoxy) is 1. The number of esters is 1. The van der Waals surface area contributed by atoms with Gasteiger partial charge in [0.25, 0.3) is 0 Å². The topological polar surface area (TPSA) is 88.5 Å². The molecule has 1 heterocycles. The molecule has 0 aromatic carbocycles. The first kappa shape index (κ1) is 13.3. The summed E-state index contributed by atoms with van der Waals surface area (Å²) in [6.07, 6.45) is 2.31. The quantitative estimate of drug-likeness (QED) is 0.802. The summed E-state index contributed by atoms with van der Waals surface area (Å²) in [6, 6.07) is 4.93. The first-order chi connectivity index (χ1) is 9.10. The van der Waals surface area contributed by atoms with Crippen LogP contribution in [0.5, 0.6) is 0 Å². The molecule has 2 rings (SSSR count). The second-order valence-corrected chi connectivity index (χ2v) is 4.59. The molecule has 0 bridgehead atoms. The van der Waals surface area contributed by atoms with Crippen LogP contribution in [0.2, 0.25) is 0 Å². The molecule has 0 radical (unpaired) electrons.